The number of hydrogen-bond acceptors (Lipinski definition) is 3. The zero-order chi connectivity index (χ0) is 16.2. The first-order valence-electron chi connectivity index (χ1n) is 8.26. The Morgan fingerprint density at radius 3 is 3.04 bits per heavy atom. The molecule has 0 bridgehead atoms. The van der Waals surface area contributed by atoms with Gasteiger partial charge in [0.2, 0.25) is 0 Å². The minimum absolute atomic E-state index is 0.312. The van der Waals surface area contributed by atoms with Crippen LogP contribution in [0.3, 0.4) is 0 Å². The number of carboxylic acids is 1. The molecule has 2 aromatic rings. The van der Waals surface area contributed by atoms with Crippen LogP contribution in [0.4, 0.5) is 0 Å². The first-order valence-corrected chi connectivity index (χ1v) is 8.26. The maximum atomic E-state index is 11.2. The van der Waals surface area contributed by atoms with Crippen molar-refractivity contribution in [1.82, 2.24) is 14.5 Å². The van der Waals surface area contributed by atoms with Crippen molar-refractivity contribution in [2.24, 2.45) is 0 Å². The Morgan fingerprint density at radius 1 is 1.39 bits per heavy atom. The van der Waals surface area contributed by atoms with Gasteiger partial charge in [0.1, 0.15) is 5.82 Å². The van der Waals surface area contributed by atoms with Crippen LogP contribution in [0.5, 0.6) is 0 Å². The number of likely N-dealkylation sites (tertiary alicyclic amines) is 1. The molecule has 0 amide bonds. The molecule has 3 rings (SSSR count). The van der Waals surface area contributed by atoms with Crippen molar-refractivity contribution in [1.29, 1.82) is 0 Å². The number of aromatic nitrogens is 2. The topological polar surface area (TPSA) is 58.4 Å². The monoisotopic (exact) mass is 313 g/mol. The highest BCUT2D eigenvalue weighted by atomic mass is 16.4. The number of imidazole rings is 1. The van der Waals surface area contributed by atoms with Gasteiger partial charge in [-0.1, -0.05) is 18.6 Å². The van der Waals surface area contributed by atoms with Crippen molar-refractivity contribution in [2.75, 3.05) is 6.54 Å². The Balaban J connectivity index is 1.82. The molecule has 1 aromatic heterocycles. The predicted molar refractivity (Wildman–Crippen MR) is 88.3 cm³/mol. The van der Waals surface area contributed by atoms with Gasteiger partial charge in [0.25, 0.3) is 0 Å². The minimum atomic E-state index is -0.872. The number of aromatic carboxylic acids is 1. The summed E-state index contributed by atoms with van der Waals surface area (Å²) in [7, 11) is 0. The second-order valence-corrected chi connectivity index (χ2v) is 6.06. The maximum absolute atomic E-state index is 11.2. The summed E-state index contributed by atoms with van der Waals surface area (Å²) >= 11 is 0. The van der Waals surface area contributed by atoms with Crippen molar-refractivity contribution in [3.63, 3.8) is 0 Å². The highest BCUT2D eigenvalue weighted by Gasteiger charge is 2.27. The van der Waals surface area contributed by atoms with E-state index >= 15 is 0 Å². The Labute approximate surface area is 136 Å². The highest BCUT2D eigenvalue weighted by molar-refractivity contribution is 5.87. The quantitative estimate of drug-likeness (QED) is 0.920. The lowest BCUT2D eigenvalue weighted by Gasteiger charge is -2.35. The van der Waals surface area contributed by atoms with Crippen LogP contribution >= 0.6 is 0 Å². The number of hydrogen-bond donors (Lipinski definition) is 1. The fraction of sp³-hybridized carbons (Fsp3) is 0.444. The van der Waals surface area contributed by atoms with Gasteiger partial charge in [-0.15, -0.1) is 0 Å². The number of piperidine rings is 1. The lowest BCUT2D eigenvalue weighted by Crippen LogP contribution is -2.34. The lowest BCUT2D eigenvalue weighted by atomic mass is 10.00. The van der Waals surface area contributed by atoms with Crippen LogP contribution in [0.2, 0.25) is 0 Å². The van der Waals surface area contributed by atoms with Gasteiger partial charge in [-0.25, -0.2) is 9.78 Å². The molecule has 1 saturated heterocycles. The average molecular weight is 313 g/mol. The van der Waals surface area contributed by atoms with Gasteiger partial charge in [0.15, 0.2) is 0 Å². The van der Waals surface area contributed by atoms with E-state index in [2.05, 4.69) is 21.4 Å². The Bertz CT molecular complexity index is 680. The SMILES string of the molecule is CCn1ccnc1C1CCCCN1Cc1cccc(C(=O)O)c1. The number of aryl methyl sites for hydroxylation is 1. The molecule has 1 unspecified atom stereocenters. The van der Waals surface area contributed by atoms with Crippen molar-refractivity contribution in [3.8, 4) is 0 Å². The van der Waals surface area contributed by atoms with E-state index in [1.54, 1.807) is 12.1 Å². The predicted octanol–water partition coefficient (Wildman–Crippen LogP) is 3.33. The molecule has 0 aliphatic carbocycles. The van der Waals surface area contributed by atoms with Crippen molar-refractivity contribution in [3.05, 3.63) is 53.6 Å². The maximum Gasteiger partial charge on any atom is 0.335 e. The second kappa shape index (κ2) is 6.96. The first-order chi connectivity index (χ1) is 11.2. The normalized spacial score (nSPS) is 18.9. The standard InChI is InChI=1S/C18H23N3O2/c1-2-20-11-9-19-17(20)16-8-3-4-10-21(16)13-14-6-5-7-15(12-14)18(22)23/h5-7,9,11-12,16H,2-4,8,10,13H2,1H3,(H,22,23). The van der Waals surface area contributed by atoms with E-state index in [1.807, 2.05) is 24.5 Å². The summed E-state index contributed by atoms with van der Waals surface area (Å²) in [5.41, 5.74) is 1.40. The minimum Gasteiger partial charge on any atom is -0.478 e. The fourth-order valence-electron chi connectivity index (χ4n) is 3.40. The molecule has 0 radical (unpaired) electrons. The lowest BCUT2D eigenvalue weighted by molar-refractivity contribution is 0.0696. The Morgan fingerprint density at radius 2 is 2.26 bits per heavy atom. The van der Waals surface area contributed by atoms with Crippen molar-refractivity contribution < 1.29 is 9.90 Å². The molecule has 0 saturated carbocycles. The Kier molecular flexibility index (Phi) is 4.76. The molecule has 122 valence electrons. The zero-order valence-electron chi connectivity index (χ0n) is 13.5. The summed E-state index contributed by atoms with van der Waals surface area (Å²) in [6.07, 6.45) is 7.41. The molecule has 1 fully saturated rings. The van der Waals surface area contributed by atoms with E-state index in [4.69, 9.17) is 5.11 Å². The van der Waals surface area contributed by atoms with E-state index < -0.39 is 5.97 Å². The van der Waals surface area contributed by atoms with Crippen LogP contribution in [0.15, 0.2) is 36.7 Å². The molecule has 5 heteroatoms. The molecule has 1 atom stereocenters. The Hall–Kier alpha value is -2.14. The molecule has 1 aromatic carbocycles. The van der Waals surface area contributed by atoms with Crippen LogP contribution in [0.25, 0.3) is 0 Å². The number of carboxylic acid groups (broad SMARTS) is 1. The third kappa shape index (κ3) is 3.45. The second-order valence-electron chi connectivity index (χ2n) is 6.06. The van der Waals surface area contributed by atoms with E-state index in [1.165, 1.54) is 12.8 Å². The third-order valence-corrected chi connectivity index (χ3v) is 4.56. The van der Waals surface area contributed by atoms with Crippen molar-refractivity contribution >= 4 is 5.97 Å². The molecule has 1 N–H and O–H groups in total. The van der Waals surface area contributed by atoms with Crippen LogP contribution in [-0.2, 0) is 13.1 Å². The van der Waals surface area contributed by atoms with Gasteiger partial charge in [-0.2, -0.15) is 0 Å². The van der Waals surface area contributed by atoms with E-state index in [0.29, 0.717) is 11.6 Å². The number of benzene rings is 1. The number of carbonyl (C=O) groups is 1. The summed E-state index contributed by atoms with van der Waals surface area (Å²) in [5, 5.41) is 9.16. The molecule has 1 aliphatic rings. The van der Waals surface area contributed by atoms with Crippen LogP contribution in [0.1, 0.15) is 54.0 Å². The van der Waals surface area contributed by atoms with Gasteiger partial charge >= 0.3 is 5.97 Å². The molecule has 23 heavy (non-hydrogen) atoms. The van der Waals surface area contributed by atoms with Crippen molar-refractivity contribution in [2.45, 2.75) is 45.3 Å². The average Bonchev–Trinajstić information content (AvgIpc) is 3.04. The third-order valence-electron chi connectivity index (χ3n) is 4.56. The molecule has 1 aliphatic heterocycles. The van der Waals surface area contributed by atoms with Gasteiger partial charge in [0.05, 0.1) is 11.6 Å². The fourth-order valence-corrected chi connectivity index (χ4v) is 3.40. The molecule has 5 nitrogen and oxygen atoms in total. The first kappa shape index (κ1) is 15.7. The van der Waals surface area contributed by atoms with E-state index in [-0.39, 0.29) is 0 Å². The molecule has 0 spiro atoms. The molecule has 2 heterocycles. The van der Waals surface area contributed by atoms with Gasteiger partial charge in [-0.05, 0) is 44.0 Å². The molecular weight excluding hydrogens is 290 g/mol. The molecular formula is C18H23N3O2. The smallest absolute Gasteiger partial charge is 0.335 e. The van der Waals surface area contributed by atoms with Gasteiger partial charge in [-0.3, -0.25) is 4.90 Å². The summed E-state index contributed by atoms with van der Waals surface area (Å²) in [5.74, 6) is 0.255. The number of rotatable bonds is 5. The number of nitrogens with zero attached hydrogens (tertiary/aromatic N) is 3. The summed E-state index contributed by atoms with van der Waals surface area (Å²) in [6.45, 7) is 4.85. The zero-order valence-corrected chi connectivity index (χ0v) is 13.5. The van der Waals surface area contributed by atoms with Gasteiger partial charge < -0.3 is 9.67 Å². The van der Waals surface area contributed by atoms with Gasteiger partial charge in [0, 0.05) is 25.5 Å². The van der Waals surface area contributed by atoms with Crippen LogP contribution < -0.4 is 0 Å². The van der Waals surface area contributed by atoms with Crippen LogP contribution in [-0.4, -0.2) is 32.1 Å². The summed E-state index contributed by atoms with van der Waals surface area (Å²) < 4.78 is 2.21. The van der Waals surface area contributed by atoms with E-state index in [0.717, 1.165) is 37.4 Å². The summed E-state index contributed by atoms with van der Waals surface area (Å²) in [6, 6.07) is 7.56. The highest BCUT2D eigenvalue weighted by Crippen LogP contribution is 2.31. The summed E-state index contributed by atoms with van der Waals surface area (Å²) in [4.78, 5) is 18.2. The largest absolute Gasteiger partial charge is 0.478 e. The van der Waals surface area contributed by atoms with E-state index in [9.17, 15) is 4.79 Å². The van der Waals surface area contributed by atoms with Crippen LogP contribution in [0, 0.1) is 0 Å².